The number of nitrogens with one attached hydrogen (secondary N) is 1. The Kier molecular flexibility index (Phi) is 4.22. The molecule has 0 aliphatic carbocycles. The Morgan fingerprint density at radius 3 is 2.85 bits per heavy atom. The van der Waals surface area contributed by atoms with Gasteiger partial charge in [-0.05, 0) is 36.2 Å². The molecule has 1 unspecified atom stereocenters. The lowest BCUT2D eigenvalue weighted by Gasteiger charge is -2.25. The highest BCUT2D eigenvalue weighted by molar-refractivity contribution is 7.13. The highest BCUT2D eigenvalue weighted by atomic mass is 32.1. The van der Waals surface area contributed by atoms with Crippen molar-refractivity contribution in [3.63, 3.8) is 0 Å². The van der Waals surface area contributed by atoms with Crippen LogP contribution in [-0.2, 0) is 16.0 Å². The Morgan fingerprint density at radius 1 is 1.27 bits per heavy atom. The molecule has 1 aliphatic heterocycles. The summed E-state index contributed by atoms with van der Waals surface area (Å²) < 4.78 is 4.86. The molecule has 1 N–H and O–H groups in total. The van der Waals surface area contributed by atoms with Gasteiger partial charge < -0.3 is 10.1 Å². The molecule has 4 rings (SSSR count). The number of pyridine rings is 1. The fourth-order valence-corrected chi connectivity index (χ4v) is 3.93. The van der Waals surface area contributed by atoms with Crippen LogP contribution in [0.3, 0.4) is 0 Å². The van der Waals surface area contributed by atoms with Gasteiger partial charge in [-0.15, -0.1) is 11.3 Å². The molecular weight excluding hydrogens is 350 g/mol. The van der Waals surface area contributed by atoms with E-state index in [2.05, 4.69) is 15.3 Å². The monoisotopic (exact) mass is 365 g/mol. The van der Waals surface area contributed by atoms with Crippen LogP contribution in [0.15, 0.2) is 48.1 Å². The quantitative estimate of drug-likeness (QED) is 0.721. The molecule has 0 bridgehead atoms. The van der Waals surface area contributed by atoms with Gasteiger partial charge in [-0.2, -0.15) is 0 Å². The highest BCUT2D eigenvalue weighted by Crippen LogP contribution is 2.35. The minimum atomic E-state index is -0.444. The summed E-state index contributed by atoms with van der Waals surface area (Å²) >= 11 is 1.48. The maximum Gasteiger partial charge on any atom is 0.338 e. The van der Waals surface area contributed by atoms with E-state index in [1.807, 2.05) is 17.5 Å². The number of carbonyl (C=O) groups excluding carboxylic acids is 2. The van der Waals surface area contributed by atoms with Gasteiger partial charge in [-0.3, -0.25) is 9.78 Å². The van der Waals surface area contributed by atoms with Crippen LogP contribution >= 0.6 is 11.3 Å². The number of hydrogen-bond acceptors (Lipinski definition) is 6. The third-order valence-corrected chi connectivity index (χ3v) is 5.28. The summed E-state index contributed by atoms with van der Waals surface area (Å²) in [5.41, 5.74) is 3.56. The maximum atomic E-state index is 12.6. The van der Waals surface area contributed by atoms with Crippen LogP contribution < -0.4 is 5.32 Å². The number of benzene rings is 1. The molecule has 0 saturated heterocycles. The molecular formula is C19H15N3O3S. The molecule has 1 aromatic carbocycles. The molecule has 3 heterocycles. The SMILES string of the molecule is COC(=O)c1cccc2c1CC(c1csc(-c3ccncc3)n1)C(=O)N2. The van der Waals surface area contributed by atoms with Gasteiger partial charge >= 0.3 is 5.97 Å². The van der Waals surface area contributed by atoms with E-state index in [0.29, 0.717) is 23.4 Å². The minimum Gasteiger partial charge on any atom is -0.465 e. The minimum absolute atomic E-state index is 0.119. The summed E-state index contributed by atoms with van der Waals surface area (Å²) in [5, 5.41) is 5.61. The number of methoxy groups -OCH3 is 1. The predicted octanol–water partition coefficient (Wildman–Crippen LogP) is 3.27. The van der Waals surface area contributed by atoms with Crippen LogP contribution in [0.4, 0.5) is 5.69 Å². The van der Waals surface area contributed by atoms with Gasteiger partial charge in [0.2, 0.25) is 5.91 Å². The zero-order valence-electron chi connectivity index (χ0n) is 13.9. The number of anilines is 1. The van der Waals surface area contributed by atoms with Crippen LogP contribution in [0.1, 0.15) is 27.5 Å². The van der Waals surface area contributed by atoms with E-state index in [4.69, 9.17) is 4.74 Å². The summed E-state index contributed by atoms with van der Waals surface area (Å²) in [7, 11) is 1.35. The molecule has 3 aromatic rings. The number of rotatable bonds is 3. The summed E-state index contributed by atoms with van der Waals surface area (Å²) in [5.74, 6) is -0.973. The zero-order chi connectivity index (χ0) is 18.1. The van der Waals surface area contributed by atoms with Crippen molar-refractivity contribution in [1.82, 2.24) is 9.97 Å². The Bertz CT molecular complexity index is 985. The molecule has 1 aliphatic rings. The molecule has 7 heteroatoms. The number of hydrogen-bond donors (Lipinski definition) is 1. The first-order valence-electron chi connectivity index (χ1n) is 8.04. The molecule has 0 spiro atoms. The normalized spacial score (nSPS) is 15.9. The lowest BCUT2D eigenvalue weighted by Crippen LogP contribution is -2.29. The fraction of sp³-hybridized carbons (Fsp3) is 0.158. The molecule has 2 aromatic heterocycles. The molecule has 0 fully saturated rings. The van der Waals surface area contributed by atoms with Crippen molar-refractivity contribution in [2.45, 2.75) is 12.3 Å². The van der Waals surface area contributed by atoms with Crippen LogP contribution in [0, 0.1) is 0 Å². The number of ether oxygens (including phenoxy) is 1. The summed E-state index contributed by atoms with van der Waals surface area (Å²) in [6.45, 7) is 0. The van der Waals surface area contributed by atoms with Crippen molar-refractivity contribution in [3.8, 4) is 10.6 Å². The highest BCUT2D eigenvalue weighted by Gasteiger charge is 2.32. The van der Waals surface area contributed by atoms with Gasteiger partial charge in [0.15, 0.2) is 0 Å². The molecule has 0 radical (unpaired) electrons. The van der Waals surface area contributed by atoms with Crippen molar-refractivity contribution < 1.29 is 14.3 Å². The van der Waals surface area contributed by atoms with E-state index in [1.165, 1.54) is 18.4 Å². The van der Waals surface area contributed by atoms with Gasteiger partial charge in [-0.1, -0.05) is 6.07 Å². The lowest BCUT2D eigenvalue weighted by molar-refractivity contribution is -0.117. The Balaban J connectivity index is 1.69. The summed E-state index contributed by atoms with van der Waals surface area (Å²) in [6.07, 6.45) is 3.83. The van der Waals surface area contributed by atoms with Crippen molar-refractivity contribution in [1.29, 1.82) is 0 Å². The first-order chi connectivity index (χ1) is 12.7. The number of aromatic nitrogens is 2. The standard InChI is InChI=1S/C19H15N3O3S/c1-25-19(24)12-3-2-4-15-13(12)9-14(17(23)21-15)16-10-26-18(22-16)11-5-7-20-8-6-11/h2-8,10,14H,9H2,1H3,(H,21,23). The van der Waals surface area contributed by atoms with Crippen LogP contribution in [0.25, 0.3) is 10.6 Å². The molecule has 26 heavy (non-hydrogen) atoms. The number of fused-ring (bicyclic) bond motifs is 1. The number of esters is 1. The fourth-order valence-electron chi connectivity index (χ4n) is 3.05. The summed E-state index contributed by atoms with van der Waals surface area (Å²) in [6, 6.07) is 9.00. The van der Waals surface area contributed by atoms with Gasteiger partial charge in [0.25, 0.3) is 0 Å². The van der Waals surface area contributed by atoms with Crippen molar-refractivity contribution in [2.24, 2.45) is 0 Å². The van der Waals surface area contributed by atoms with Crippen molar-refractivity contribution >= 4 is 28.9 Å². The van der Waals surface area contributed by atoms with Crippen LogP contribution in [-0.4, -0.2) is 29.0 Å². The first-order valence-corrected chi connectivity index (χ1v) is 8.92. The molecule has 1 atom stereocenters. The van der Waals surface area contributed by atoms with E-state index in [1.54, 1.807) is 30.6 Å². The average molecular weight is 365 g/mol. The second-order valence-electron chi connectivity index (χ2n) is 5.88. The first kappa shape index (κ1) is 16.4. The van der Waals surface area contributed by atoms with E-state index < -0.39 is 11.9 Å². The van der Waals surface area contributed by atoms with Gasteiger partial charge in [0.05, 0.1) is 24.3 Å². The van der Waals surface area contributed by atoms with Crippen molar-refractivity contribution in [2.75, 3.05) is 12.4 Å². The van der Waals surface area contributed by atoms with E-state index >= 15 is 0 Å². The van der Waals surface area contributed by atoms with E-state index in [-0.39, 0.29) is 5.91 Å². The Morgan fingerprint density at radius 2 is 2.08 bits per heavy atom. The van der Waals surface area contributed by atoms with Crippen LogP contribution in [0.5, 0.6) is 0 Å². The number of amides is 1. The molecule has 130 valence electrons. The molecule has 1 amide bonds. The van der Waals surface area contributed by atoms with Gasteiger partial charge in [0.1, 0.15) is 5.01 Å². The Hall–Kier alpha value is -3.06. The smallest absolute Gasteiger partial charge is 0.338 e. The largest absolute Gasteiger partial charge is 0.465 e. The lowest BCUT2D eigenvalue weighted by atomic mass is 9.88. The van der Waals surface area contributed by atoms with Crippen molar-refractivity contribution in [3.05, 3.63) is 64.9 Å². The second kappa shape index (κ2) is 6.68. The predicted molar refractivity (Wildman–Crippen MR) is 98.2 cm³/mol. The number of carbonyl (C=O) groups is 2. The van der Waals surface area contributed by atoms with Gasteiger partial charge in [0, 0.05) is 29.0 Å². The van der Waals surface area contributed by atoms with E-state index in [0.717, 1.165) is 16.1 Å². The molecule has 6 nitrogen and oxygen atoms in total. The average Bonchev–Trinajstić information content (AvgIpc) is 3.17. The zero-order valence-corrected chi connectivity index (χ0v) is 14.7. The van der Waals surface area contributed by atoms with Crippen LogP contribution in [0.2, 0.25) is 0 Å². The van der Waals surface area contributed by atoms with E-state index in [9.17, 15) is 9.59 Å². The Labute approximate surface area is 153 Å². The molecule has 0 saturated carbocycles. The van der Waals surface area contributed by atoms with Gasteiger partial charge in [-0.25, -0.2) is 9.78 Å². The summed E-state index contributed by atoms with van der Waals surface area (Å²) in [4.78, 5) is 33.3. The number of thiazole rings is 1. The second-order valence-corrected chi connectivity index (χ2v) is 6.74. The number of nitrogens with zero attached hydrogens (tertiary/aromatic N) is 2. The maximum absolute atomic E-state index is 12.6. The third kappa shape index (κ3) is 2.86. The third-order valence-electron chi connectivity index (χ3n) is 4.37. The topological polar surface area (TPSA) is 81.2 Å².